The van der Waals surface area contributed by atoms with Crippen molar-refractivity contribution in [2.75, 3.05) is 74.2 Å². The first-order valence-corrected chi connectivity index (χ1v) is 25.0. The first-order chi connectivity index (χ1) is 32.9. The number of carbonyl (C=O) groups is 1. The lowest BCUT2D eigenvalue weighted by Crippen LogP contribution is -2.47. The second kappa shape index (κ2) is 19.5. The molecule has 3 aliphatic heterocycles. The summed E-state index contributed by atoms with van der Waals surface area (Å²) in [5.74, 6) is -1.15. The molecule has 5 aromatic rings. The van der Waals surface area contributed by atoms with Crippen LogP contribution in [0, 0.1) is 21.4 Å². The second-order valence-electron chi connectivity index (χ2n) is 19.0. The second-order valence-corrected chi connectivity index (χ2v) is 21.1. The summed E-state index contributed by atoms with van der Waals surface area (Å²) in [5.41, 5.74) is 3.78. The van der Waals surface area contributed by atoms with E-state index in [0.29, 0.717) is 67.7 Å². The predicted octanol–water partition coefficient (Wildman–Crippen LogP) is 9.72. The Balaban J connectivity index is 1.04. The van der Waals surface area contributed by atoms with Crippen molar-refractivity contribution < 1.29 is 40.8 Å². The van der Waals surface area contributed by atoms with Gasteiger partial charge in [0.2, 0.25) is 5.88 Å². The van der Waals surface area contributed by atoms with Crippen LogP contribution in [0.25, 0.3) is 16.6 Å². The molecule has 0 saturated carbocycles. The summed E-state index contributed by atoms with van der Waals surface area (Å²) < 4.78 is 87.4. The third-order valence-electron chi connectivity index (χ3n) is 13.7. The van der Waals surface area contributed by atoms with E-state index < -0.39 is 50.1 Å². The van der Waals surface area contributed by atoms with Crippen molar-refractivity contribution in [1.29, 1.82) is 0 Å². The van der Waals surface area contributed by atoms with Crippen molar-refractivity contribution in [3.8, 4) is 5.88 Å². The number of aromatic amines is 1. The number of anilines is 4. The number of hydrogen-bond acceptors (Lipinski definition) is 12. The average Bonchev–Trinajstić information content (AvgIpc) is 3.69. The zero-order chi connectivity index (χ0) is 48.7. The van der Waals surface area contributed by atoms with Gasteiger partial charge >= 0.3 is 6.18 Å². The maximum absolute atomic E-state index is 15.4. The van der Waals surface area contributed by atoms with Gasteiger partial charge < -0.3 is 29.6 Å². The molecule has 0 spiro atoms. The van der Waals surface area contributed by atoms with E-state index in [1.807, 2.05) is 21.8 Å². The Bertz CT molecular complexity index is 2880. The predicted molar refractivity (Wildman–Crippen MR) is 259 cm³/mol. The van der Waals surface area contributed by atoms with E-state index in [9.17, 15) is 23.3 Å². The number of aromatic nitrogens is 2. The van der Waals surface area contributed by atoms with E-state index in [0.717, 1.165) is 61.2 Å². The highest BCUT2D eigenvalue weighted by Gasteiger charge is 2.47. The fraction of sp³-hybridized carbons (Fsp3) is 0.429. The Labute approximate surface area is 403 Å². The minimum Gasteiger partial charge on any atom is -0.476 e. The normalized spacial score (nSPS) is 19.5. The Hall–Kier alpha value is -5.89. The number of nitro benzene ring substituents is 1. The fourth-order valence-electron chi connectivity index (χ4n) is 9.83. The molecule has 0 bridgehead atoms. The number of pyridine rings is 1. The summed E-state index contributed by atoms with van der Waals surface area (Å²) in [4.78, 5) is 38.2. The van der Waals surface area contributed by atoms with Gasteiger partial charge in [-0.25, -0.2) is 13.1 Å². The summed E-state index contributed by atoms with van der Waals surface area (Å²) >= 11 is 6.25. The average molecular weight is 992 g/mol. The topological polar surface area (TPSA) is 175 Å². The first-order valence-electron chi connectivity index (χ1n) is 23.1. The molecule has 9 rings (SSSR count). The number of allylic oxidation sites excluding steroid dienone is 1. The third kappa shape index (κ3) is 10.7. The molecule has 1 atom stereocenters. The minimum atomic E-state index is -4.85. The van der Waals surface area contributed by atoms with Crippen molar-refractivity contribution in [2.24, 2.45) is 11.3 Å². The summed E-state index contributed by atoms with van der Waals surface area (Å²) in [6.07, 6.45) is 0.659. The summed E-state index contributed by atoms with van der Waals surface area (Å²) in [6, 6.07) is 16.5. The molecule has 3 aromatic carbocycles. The standard InChI is InChI=1S/C49H54ClF3N8O7S/c1-48(2)16-11-34(39(28-48)32-3-5-35(50)6-4-32)30-58-18-20-59(21-19-58)36-7-9-38(41(26-36)60-43-25-33-12-17-54-45(33)56-47(43)68-24-15-44(60)49(51,52)53)46(62)57-69(65,66)37-8-10-40(42(27-37)61(63)64)55-29-31-13-22-67-23-14-31/h3-10,12,17,25-27,31,44,55H,11,13-16,18-24,28-30H2,1-2H3,(H,54,56)(H,57,62)/t44-/m0/s1. The molecule has 3 N–H and O–H groups in total. The lowest BCUT2D eigenvalue weighted by atomic mass is 9.72. The third-order valence-corrected chi connectivity index (χ3v) is 15.3. The largest absolute Gasteiger partial charge is 0.476 e. The van der Waals surface area contributed by atoms with Crippen LogP contribution >= 0.6 is 11.6 Å². The van der Waals surface area contributed by atoms with Crippen LogP contribution < -0.4 is 24.6 Å². The van der Waals surface area contributed by atoms with Crippen LogP contribution in [0.2, 0.25) is 5.02 Å². The molecular formula is C49H54ClF3N8O7S. The van der Waals surface area contributed by atoms with E-state index in [1.54, 1.807) is 18.3 Å². The van der Waals surface area contributed by atoms with Crippen molar-refractivity contribution in [3.63, 3.8) is 0 Å². The van der Waals surface area contributed by atoms with Gasteiger partial charge in [0.25, 0.3) is 21.6 Å². The quantitative estimate of drug-likeness (QED) is 0.0799. The van der Waals surface area contributed by atoms with Crippen molar-refractivity contribution in [2.45, 2.75) is 69.5 Å². The van der Waals surface area contributed by atoms with Crippen molar-refractivity contribution >= 4 is 72.6 Å². The number of fused-ring (bicyclic) bond motifs is 2. The monoisotopic (exact) mass is 990 g/mol. The van der Waals surface area contributed by atoms with Crippen LogP contribution in [-0.2, 0) is 14.8 Å². The number of alkyl halides is 3. The molecule has 4 aliphatic rings. The number of rotatable bonds is 12. The number of hydrogen-bond donors (Lipinski definition) is 3. The highest BCUT2D eigenvalue weighted by molar-refractivity contribution is 7.90. The lowest BCUT2D eigenvalue weighted by molar-refractivity contribution is -0.384. The van der Waals surface area contributed by atoms with Crippen LogP contribution in [0.4, 0.5) is 41.6 Å². The van der Waals surface area contributed by atoms with E-state index >= 15 is 13.2 Å². The molecule has 2 aromatic heterocycles. The van der Waals surface area contributed by atoms with E-state index in [1.165, 1.54) is 35.4 Å². The summed E-state index contributed by atoms with van der Waals surface area (Å²) in [7, 11) is -4.83. The zero-order valence-corrected chi connectivity index (χ0v) is 39.9. The van der Waals surface area contributed by atoms with Gasteiger partial charge in [0.05, 0.1) is 27.7 Å². The highest BCUT2D eigenvalue weighted by Crippen LogP contribution is 2.47. The van der Waals surface area contributed by atoms with Crippen molar-refractivity contribution in [3.05, 3.63) is 111 Å². The number of halogens is 4. The van der Waals surface area contributed by atoms with Gasteiger partial charge in [-0.05, 0) is 109 Å². The molecule has 15 nitrogen and oxygen atoms in total. The number of nitro groups is 1. The number of sulfonamides is 1. The summed E-state index contributed by atoms with van der Waals surface area (Å²) in [6.45, 7) is 8.84. The number of H-pyrrole nitrogens is 1. The fourth-order valence-corrected chi connectivity index (χ4v) is 10.9. The maximum atomic E-state index is 15.4. The van der Waals surface area contributed by atoms with Crippen LogP contribution in [0.5, 0.6) is 5.88 Å². The highest BCUT2D eigenvalue weighted by atomic mass is 35.5. The molecule has 2 fully saturated rings. The Morgan fingerprint density at radius 1 is 0.971 bits per heavy atom. The maximum Gasteiger partial charge on any atom is 0.409 e. The number of ether oxygens (including phenoxy) is 2. The van der Waals surface area contributed by atoms with Crippen molar-refractivity contribution in [1.82, 2.24) is 19.6 Å². The number of amides is 1. The molecule has 0 unspecified atom stereocenters. The van der Waals surface area contributed by atoms with E-state index in [4.69, 9.17) is 21.1 Å². The molecule has 1 aliphatic carbocycles. The number of benzene rings is 3. The van der Waals surface area contributed by atoms with Gasteiger partial charge in [0.15, 0.2) is 0 Å². The number of piperazine rings is 1. The molecule has 69 heavy (non-hydrogen) atoms. The molecular weight excluding hydrogens is 937 g/mol. The Morgan fingerprint density at radius 3 is 2.45 bits per heavy atom. The first kappa shape index (κ1) is 48.1. The molecule has 5 heterocycles. The summed E-state index contributed by atoms with van der Waals surface area (Å²) in [5, 5.41) is 16.4. The number of carbonyl (C=O) groups excluding carboxylic acids is 1. The van der Waals surface area contributed by atoms with Crippen LogP contribution in [0.1, 0.15) is 68.3 Å². The molecule has 2 saturated heterocycles. The minimum absolute atomic E-state index is 0.0688. The lowest BCUT2D eigenvalue weighted by Gasteiger charge is -2.40. The van der Waals surface area contributed by atoms with Gasteiger partial charge in [0, 0.05) is 87.3 Å². The van der Waals surface area contributed by atoms with Gasteiger partial charge in [-0.3, -0.25) is 19.8 Å². The van der Waals surface area contributed by atoms with E-state index in [-0.39, 0.29) is 46.4 Å². The molecule has 1 amide bonds. The van der Waals surface area contributed by atoms with Gasteiger partial charge in [-0.1, -0.05) is 43.2 Å². The molecule has 366 valence electrons. The van der Waals surface area contributed by atoms with Gasteiger partial charge in [0.1, 0.15) is 23.1 Å². The number of nitrogens with zero attached hydrogens (tertiary/aromatic N) is 5. The van der Waals surface area contributed by atoms with E-state index in [2.05, 4.69) is 46.2 Å². The van der Waals surface area contributed by atoms with Gasteiger partial charge in [-0.15, -0.1) is 0 Å². The van der Waals surface area contributed by atoms with Crippen LogP contribution in [0.15, 0.2) is 89.5 Å². The van der Waals surface area contributed by atoms with Gasteiger partial charge in [-0.2, -0.15) is 18.2 Å². The van der Waals surface area contributed by atoms with Crippen LogP contribution in [-0.4, -0.2) is 105 Å². The molecule has 20 heteroatoms. The van der Waals surface area contributed by atoms with Crippen LogP contribution in [0.3, 0.4) is 0 Å². The Kier molecular flexibility index (Phi) is 13.6. The Morgan fingerprint density at radius 2 is 1.72 bits per heavy atom. The zero-order valence-electron chi connectivity index (χ0n) is 38.3. The smallest absolute Gasteiger partial charge is 0.409 e. The molecule has 0 radical (unpaired) electrons. The number of nitrogens with one attached hydrogen (secondary N) is 3. The SMILES string of the molecule is CC1(C)CCC(CN2CCN(c3ccc(C(=O)NS(=O)(=O)c4ccc(NCC5CCOCC5)c([N+](=O)[O-])c4)c(N4c5cc6cc[nH]c6nc5OCC[C@H]4C(F)(F)F)c3)CC2)=C(c2ccc(Cl)cc2)C1.